The van der Waals surface area contributed by atoms with E-state index in [1.165, 1.54) is 5.56 Å². The molecule has 2 N–H and O–H groups in total. The molecule has 0 saturated carbocycles. The Bertz CT molecular complexity index is 968. The van der Waals surface area contributed by atoms with Gasteiger partial charge in [-0.1, -0.05) is 6.07 Å². The van der Waals surface area contributed by atoms with Crippen LogP contribution in [0.4, 0.5) is 17.3 Å². The molecule has 6 heteroatoms. The summed E-state index contributed by atoms with van der Waals surface area (Å²) >= 11 is 0. The molecule has 1 aromatic heterocycles. The molecule has 1 heterocycles. The van der Waals surface area contributed by atoms with Crippen LogP contribution in [0.2, 0.25) is 0 Å². The molecule has 0 radical (unpaired) electrons. The van der Waals surface area contributed by atoms with Gasteiger partial charge in [-0.2, -0.15) is 0 Å². The van der Waals surface area contributed by atoms with Gasteiger partial charge in [0.1, 0.15) is 11.4 Å². The first-order chi connectivity index (χ1) is 12.9. The van der Waals surface area contributed by atoms with Crippen molar-refractivity contribution in [1.29, 1.82) is 0 Å². The van der Waals surface area contributed by atoms with E-state index in [9.17, 15) is 4.79 Å². The third kappa shape index (κ3) is 4.61. The number of ether oxygens (including phenoxy) is 1. The lowest BCUT2D eigenvalue weighted by atomic mass is 10.1. The van der Waals surface area contributed by atoms with Gasteiger partial charge in [0.15, 0.2) is 0 Å². The lowest BCUT2D eigenvalue weighted by molar-refractivity contribution is 0.102. The third-order valence-corrected chi connectivity index (χ3v) is 4.20. The number of anilines is 3. The van der Waals surface area contributed by atoms with E-state index in [1.54, 1.807) is 13.2 Å². The molecule has 3 aromatic rings. The summed E-state index contributed by atoms with van der Waals surface area (Å²) in [5.74, 6) is 0.853. The second-order valence-electron chi connectivity index (χ2n) is 6.32. The Morgan fingerprint density at radius 3 is 2.26 bits per heavy atom. The standard InChI is InChI=1S/C21H22N4O2/c1-13-5-6-17(11-14(13)2)23-20(26)19-12-15(3)22-21(25-19)24-16-7-9-18(27-4)10-8-16/h5-12H,1-4H3,(H,23,26)(H,22,24,25). The number of nitrogens with zero attached hydrogens (tertiary/aromatic N) is 2. The van der Waals surface area contributed by atoms with Gasteiger partial charge >= 0.3 is 0 Å². The van der Waals surface area contributed by atoms with Gasteiger partial charge < -0.3 is 15.4 Å². The van der Waals surface area contributed by atoms with Crippen molar-refractivity contribution in [3.8, 4) is 5.75 Å². The summed E-state index contributed by atoms with van der Waals surface area (Å²) in [6.07, 6.45) is 0. The first-order valence-corrected chi connectivity index (χ1v) is 8.60. The van der Waals surface area contributed by atoms with E-state index in [0.29, 0.717) is 17.3 Å². The Morgan fingerprint density at radius 1 is 0.889 bits per heavy atom. The second kappa shape index (κ2) is 7.86. The maximum absolute atomic E-state index is 12.6. The maximum Gasteiger partial charge on any atom is 0.274 e. The van der Waals surface area contributed by atoms with E-state index < -0.39 is 0 Å². The molecular weight excluding hydrogens is 340 g/mol. The summed E-state index contributed by atoms with van der Waals surface area (Å²) in [5, 5.41) is 6.00. The number of amides is 1. The van der Waals surface area contributed by atoms with E-state index >= 15 is 0 Å². The fourth-order valence-electron chi connectivity index (χ4n) is 2.56. The molecular formula is C21H22N4O2. The van der Waals surface area contributed by atoms with E-state index in [1.807, 2.05) is 63.2 Å². The minimum atomic E-state index is -0.276. The zero-order valence-corrected chi connectivity index (χ0v) is 15.8. The van der Waals surface area contributed by atoms with Crippen LogP contribution >= 0.6 is 0 Å². The fraction of sp³-hybridized carbons (Fsp3) is 0.190. The smallest absolute Gasteiger partial charge is 0.274 e. The molecule has 0 unspecified atom stereocenters. The van der Waals surface area contributed by atoms with Gasteiger partial charge in [-0.25, -0.2) is 9.97 Å². The molecule has 3 rings (SSSR count). The second-order valence-corrected chi connectivity index (χ2v) is 6.32. The summed E-state index contributed by atoms with van der Waals surface area (Å²) in [5.41, 5.74) is 4.85. The molecule has 0 saturated heterocycles. The zero-order chi connectivity index (χ0) is 19.4. The molecule has 0 fully saturated rings. The molecule has 0 bridgehead atoms. The Labute approximate surface area is 158 Å². The van der Waals surface area contributed by atoms with Crippen LogP contribution in [0.1, 0.15) is 27.3 Å². The minimum Gasteiger partial charge on any atom is -0.497 e. The molecule has 2 aromatic carbocycles. The van der Waals surface area contributed by atoms with Crippen molar-refractivity contribution in [2.45, 2.75) is 20.8 Å². The number of benzene rings is 2. The first-order valence-electron chi connectivity index (χ1n) is 8.60. The lowest BCUT2D eigenvalue weighted by Crippen LogP contribution is -2.15. The Hall–Kier alpha value is -3.41. The Morgan fingerprint density at radius 2 is 1.59 bits per heavy atom. The zero-order valence-electron chi connectivity index (χ0n) is 15.8. The molecule has 0 atom stereocenters. The van der Waals surface area contributed by atoms with Gasteiger partial charge in [0, 0.05) is 17.1 Å². The van der Waals surface area contributed by atoms with Crippen LogP contribution in [0, 0.1) is 20.8 Å². The Kier molecular flexibility index (Phi) is 5.35. The highest BCUT2D eigenvalue weighted by atomic mass is 16.5. The fourth-order valence-corrected chi connectivity index (χ4v) is 2.56. The van der Waals surface area contributed by atoms with Gasteiger partial charge in [0.2, 0.25) is 5.95 Å². The quantitative estimate of drug-likeness (QED) is 0.703. The number of methoxy groups -OCH3 is 1. The summed E-state index contributed by atoms with van der Waals surface area (Å²) in [6.45, 7) is 5.87. The highest BCUT2D eigenvalue weighted by Gasteiger charge is 2.12. The number of hydrogen-bond donors (Lipinski definition) is 2. The van der Waals surface area contributed by atoms with E-state index in [4.69, 9.17) is 4.74 Å². The topological polar surface area (TPSA) is 76.1 Å². The van der Waals surface area contributed by atoms with Crippen LogP contribution in [0.5, 0.6) is 5.75 Å². The van der Waals surface area contributed by atoms with E-state index in [0.717, 1.165) is 22.7 Å². The minimum absolute atomic E-state index is 0.276. The van der Waals surface area contributed by atoms with Crippen molar-refractivity contribution in [3.63, 3.8) is 0 Å². The number of rotatable bonds is 5. The first kappa shape index (κ1) is 18.4. The van der Waals surface area contributed by atoms with Crippen molar-refractivity contribution >= 4 is 23.2 Å². The van der Waals surface area contributed by atoms with E-state index in [-0.39, 0.29) is 5.91 Å². The molecule has 0 aliphatic carbocycles. The maximum atomic E-state index is 12.6. The SMILES string of the molecule is COc1ccc(Nc2nc(C)cc(C(=O)Nc3ccc(C)c(C)c3)n2)cc1. The number of carbonyl (C=O) groups is 1. The van der Waals surface area contributed by atoms with Gasteiger partial charge in [-0.3, -0.25) is 4.79 Å². The number of aromatic nitrogens is 2. The monoisotopic (exact) mass is 362 g/mol. The average molecular weight is 362 g/mol. The summed E-state index contributed by atoms with van der Waals surface area (Å²) in [6, 6.07) is 14.9. The third-order valence-electron chi connectivity index (χ3n) is 4.20. The largest absolute Gasteiger partial charge is 0.497 e. The predicted molar refractivity (Wildman–Crippen MR) is 107 cm³/mol. The normalized spacial score (nSPS) is 10.4. The molecule has 0 spiro atoms. The summed E-state index contributed by atoms with van der Waals surface area (Å²) in [4.78, 5) is 21.3. The lowest BCUT2D eigenvalue weighted by Gasteiger charge is -2.10. The van der Waals surface area contributed by atoms with Crippen molar-refractivity contribution in [3.05, 3.63) is 71.0 Å². The van der Waals surface area contributed by atoms with Gasteiger partial charge in [0.05, 0.1) is 7.11 Å². The molecule has 6 nitrogen and oxygen atoms in total. The van der Waals surface area contributed by atoms with Crippen molar-refractivity contribution < 1.29 is 9.53 Å². The van der Waals surface area contributed by atoms with Crippen LogP contribution in [0.15, 0.2) is 48.5 Å². The summed E-state index contributed by atoms with van der Waals surface area (Å²) in [7, 11) is 1.62. The van der Waals surface area contributed by atoms with Crippen LogP contribution < -0.4 is 15.4 Å². The highest BCUT2D eigenvalue weighted by Crippen LogP contribution is 2.19. The number of nitrogens with one attached hydrogen (secondary N) is 2. The van der Waals surface area contributed by atoms with Crippen LogP contribution in [-0.4, -0.2) is 23.0 Å². The van der Waals surface area contributed by atoms with Gasteiger partial charge in [-0.05, 0) is 74.4 Å². The van der Waals surface area contributed by atoms with E-state index in [2.05, 4.69) is 20.6 Å². The number of hydrogen-bond acceptors (Lipinski definition) is 5. The highest BCUT2D eigenvalue weighted by molar-refractivity contribution is 6.03. The van der Waals surface area contributed by atoms with Crippen molar-refractivity contribution in [2.75, 3.05) is 17.7 Å². The van der Waals surface area contributed by atoms with Crippen molar-refractivity contribution in [2.24, 2.45) is 0 Å². The Balaban J connectivity index is 1.79. The summed E-state index contributed by atoms with van der Waals surface area (Å²) < 4.78 is 5.15. The molecule has 0 aliphatic heterocycles. The number of carbonyl (C=O) groups excluding carboxylic acids is 1. The molecule has 0 aliphatic rings. The van der Waals surface area contributed by atoms with Gasteiger partial charge in [0.25, 0.3) is 5.91 Å². The van der Waals surface area contributed by atoms with Crippen molar-refractivity contribution in [1.82, 2.24) is 9.97 Å². The predicted octanol–water partition coefficient (Wildman–Crippen LogP) is 4.41. The number of aryl methyl sites for hydroxylation is 3. The molecule has 1 amide bonds. The average Bonchev–Trinajstić information content (AvgIpc) is 2.65. The van der Waals surface area contributed by atoms with Crippen LogP contribution in [-0.2, 0) is 0 Å². The molecule has 138 valence electrons. The van der Waals surface area contributed by atoms with Gasteiger partial charge in [-0.15, -0.1) is 0 Å². The van der Waals surface area contributed by atoms with Crippen LogP contribution in [0.25, 0.3) is 0 Å². The molecule has 27 heavy (non-hydrogen) atoms. The van der Waals surface area contributed by atoms with Crippen LogP contribution in [0.3, 0.4) is 0 Å².